The van der Waals surface area contributed by atoms with E-state index in [0.29, 0.717) is 12.5 Å². The highest BCUT2D eigenvalue weighted by molar-refractivity contribution is 5.80. The first-order valence-corrected chi connectivity index (χ1v) is 9.71. The van der Waals surface area contributed by atoms with Crippen LogP contribution in [0.4, 0.5) is 0 Å². The van der Waals surface area contributed by atoms with Gasteiger partial charge in [0.05, 0.1) is 18.0 Å². The first-order chi connectivity index (χ1) is 12.4. The summed E-state index contributed by atoms with van der Waals surface area (Å²) < 4.78 is 0. The predicted octanol–water partition coefficient (Wildman–Crippen LogP) is 3.08. The third-order valence-electron chi connectivity index (χ3n) is 5.98. The van der Waals surface area contributed by atoms with Crippen LogP contribution in [0.1, 0.15) is 51.1 Å². The Balaban J connectivity index is 1.62. The Morgan fingerprint density at radius 1 is 1.31 bits per heavy atom. The summed E-state index contributed by atoms with van der Waals surface area (Å²) in [5, 5.41) is 12.9. The smallest absolute Gasteiger partial charge is 0.311 e. The zero-order valence-corrected chi connectivity index (χ0v) is 15.8. The number of hydrogen-bond acceptors (Lipinski definition) is 3. The molecule has 0 radical (unpaired) electrons. The Kier molecular flexibility index (Phi) is 5.66. The van der Waals surface area contributed by atoms with Gasteiger partial charge in [-0.05, 0) is 36.7 Å². The number of nitrogens with one attached hydrogen (secondary N) is 1. The molecule has 142 valence electrons. The van der Waals surface area contributed by atoms with Crippen LogP contribution in [-0.4, -0.2) is 41.5 Å². The Labute approximate surface area is 155 Å². The summed E-state index contributed by atoms with van der Waals surface area (Å²) in [4.78, 5) is 26.5. The molecular formula is C21H30N2O3. The van der Waals surface area contributed by atoms with E-state index < -0.39 is 11.4 Å². The van der Waals surface area contributed by atoms with Crippen LogP contribution in [0.15, 0.2) is 30.3 Å². The highest BCUT2D eigenvalue weighted by atomic mass is 16.4. The number of nitrogens with zero attached hydrogens (tertiary/aromatic N) is 1. The lowest BCUT2D eigenvalue weighted by atomic mass is 9.81. The number of benzene rings is 1. The van der Waals surface area contributed by atoms with Gasteiger partial charge in [0.1, 0.15) is 0 Å². The Morgan fingerprint density at radius 2 is 2.04 bits per heavy atom. The average molecular weight is 358 g/mol. The predicted molar refractivity (Wildman–Crippen MR) is 101 cm³/mol. The van der Waals surface area contributed by atoms with E-state index in [0.717, 1.165) is 37.8 Å². The Hall–Kier alpha value is -1.88. The van der Waals surface area contributed by atoms with Crippen molar-refractivity contribution in [2.45, 2.75) is 45.6 Å². The standard InChI is InChI=1S/C21H30N2O3/c1-15(2)11-18(16-7-4-3-5-8-16)22-19(24)13-23-12-17-9-6-10-21(17,14-23)20(25)26/h3-5,7-8,15,17-18H,6,9-14H2,1-2H3,(H,22,24)(H,25,26)/t17-,18?,21+/m0/s1. The first kappa shape index (κ1) is 18.9. The van der Waals surface area contributed by atoms with Crippen molar-refractivity contribution in [1.82, 2.24) is 10.2 Å². The van der Waals surface area contributed by atoms with Gasteiger partial charge in [0.25, 0.3) is 0 Å². The molecular weight excluding hydrogens is 328 g/mol. The van der Waals surface area contributed by atoms with Crippen LogP contribution in [0.25, 0.3) is 0 Å². The van der Waals surface area contributed by atoms with Crippen LogP contribution >= 0.6 is 0 Å². The third kappa shape index (κ3) is 3.93. The lowest BCUT2D eigenvalue weighted by molar-refractivity contribution is -0.149. The van der Waals surface area contributed by atoms with E-state index in [1.54, 1.807) is 0 Å². The molecule has 2 N–H and O–H groups in total. The summed E-state index contributed by atoms with van der Waals surface area (Å²) in [6.45, 7) is 5.81. The van der Waals surface area contributed by atoms with E-state index >= 15 is 0 Å². The van der Waals surface area contributed by atoms with Gasteiger partial charge in [-0.1, -0.05) is 50.6 Å². The van der Waals surface area contributed by atoms with Crippen molar-refractivity contribution < 1.29 is 14.7 Å². The summed E-state index contributed by atoms with van der Waals surface area (Å²) in [6.07, 6.45) is 3.58. The maximum Gasteiger partial charge on any atom is 0.311 e. The molecule has 1 aromatic carbocycles. The van der Waals surface area contributed by atoms with E-state index in [-0.39, 0.29) is 24.4 Å². The summed E-state index contributed by atoms with van der Waals surface area (Å²) in [6, 6.07) is 10.1. The maximum atomic E-state index is 12.7. The molecule has 26 heavy (non-hydrogen) atoms. The molecule has 3 rings (SSSR count). The van der Waals surface area contributed by atoms with E-state index in [2.05, 4.69) is 19.2 Å². The van der Waals surface area contributed by atoms with Gasteiger partial charge in [0.15, 0.2) is 0 Å². The van der Waals surface area contributed by atoms with Crippen LogP contribution in [0.5, 0.6) is 0 Å². The van der Waals surface area contributed by atoms with Gasteiger partial charge in [0, 0.05) is 13.1 Å². The van der Waals surface area contributed by atoms with Crippen molar-refractivity contribution in [1.29, 1.82) is 0 Å². The molecule has 5 heteroatoms. The van der Waals surface area contributed by atoms with Crippen molar-refractivity contribution in [3.63, 3.8) is 0 Å². The molecule has 1 aliphatic carbocycles. The molecule has 1 aliphatic heterocycles. The van der Waals surface area contributed by atoms with Gasteiger partial charge in [-0.15, -0.1) is 0 Å². The number of aliphatic carboxylic acids is 1. The highest BCUT2D eigenvalue weighted by Gasteiger charge is 2.54. The summed E-state index contributed by atoms with van der Waals surface area (Å²) in [7, 11) is 0. The van der Waals surface area contributed by atoms with Crippen LogP contribution < -0.4 is 5.32 Å². The molecule has 1 saturated carbocycles. The van der Waals surface area contributed by atoms with Gasteiger partial charge in [-0.25, -0.2) is 0 Å². The largest absolute Gasteiger partial charge is 0.481 e. The monoisotopic (exact) mass is 358 g/mol. The fourth-order valence-electron chi connectivity index (χ4n) is 4.74. The highest BCUT2D eigenvalue weighted by Crippen LogP contribution is 2.48. The molecule has 1 amide bonds. The fraction of sp³-hybridized carbons (Fsp3) is 0.619. The molecule has 1 aromatic rings. The van der Waals surface area contributed by atoms with Crippen molar-refractivity contribution in [2.24, 2.45) is 17.3 Å². The van der Waals surface area contributed by atoms with Crippen LogP contribution in [0.2, 0.25) is 0 Å². The number of carboxylic acids is 1. The zero-order valence-electron chi connectivity index (χ0n) is 15.8. The number of carbonyl (C=O) groups excluding carboxylic acids is 1. The van der Waals surface area contributed by atoms with Gasteiger partial charge >= 0.3 is 5.97 Å². The number of amides is 1. The third-order valence-corrected chi connectivity index (χ3v) is 5.98. The lowest BCUT2D eigenvalue weighted by Gasteiger charge is -2.25. The molecule has 5 nitrogen and oxygen atoms in total. The number of fused-ring (bicyclic) bond motifs is 1. The number of hydrogen-bond donors (Lipinski definition) is 2. The molecule has 0 bridgehead atoms. The molecule has 0 aromatic heterocycles. The molecule has 1 unspecified atom stereocenters. The van der Waals surface area contributed by atoms with E-state index in [9.17, 15) is 14.7 Å². The lowest BCUT2D eigenvalue weighted by Crippen LogP contribution is -2.40. The van der Waals surface area contributed by atoms with Crippen molar-refractivity contribution >= 4 is 11.9 Å². The molecule has 2 aliphatic rings. The normalized spacial score (nSPS) is 26.7. The second-order valence-corrected chi connectivity index (χ2v) is 8.38. The summed E-state index contributed by atoms with van der Waals surface area (Å²) in [5.74, 6) is -0.0415. The quantitative estimate of drug-likeness (QED) is 0.786. The van der Waals surface area contributed by atoms with Crippen LogP contribution in [0, 0.1) is 17.3 Å². The number of rotatable bonds is 7. The fourth-order valence-corrected chi connectivity index (χ4v) is 4.74. The molecule has 0 spiro atoms. The van der Waals surface area contributed by atoms with Crippen LogP contribution in [-0.2, 0) is 9.59 Å². The SMILES string of the molecule is CC(C)CC(NC(=O)CN1C[C@@H]2CCC[C@@]2(C(=O)O)C1)c1ccccc1. The van der Waals surface area contributed by atoms with E-state index in [1.165, 1.54) is 0 Å². The van der Waals surface area contributed by atoms with Crippen molar-refractivity contribution in [3.8, 4) is 0 Å². The van der Waals surface area contributed by atoms with Gasteiger partial charge in [-0.2, -0.15) is 0 Å². The molecule has 3 atom stereocenters. The minimum Gasteiger partial charge on any atom is -0.481 e. The van der Waals surface area contributed by atoms with Crippen LogP contribution in [0.3, 0.4) is 0 Å². The van der Waals surface area contributed by atoms with E-state index in [4.69, 9.17) is 0 Å². The Bertz CT molecular complexity index is 646. The van der Waals surface area contributed by atoms with Gasteiger partial charge in [0.2, 0.25) is 5.91 Å². The Morgan fingerprint density at radius 3 is 2.65 bits per heavy atom. The minimum absolute atomic E-state index is 0.000707. The zero-order chi connectivity index (χ0) is 18.7. The summed E-state index contributed by atoms with van der Waals surface area (Å²) in [5.41, 5.74) is 0.492. The number of carbonyl (C=O) groups is 2. The van der Waals surface area contributed by atoms with Gasteiger partial charge < -0.3 is 10.4 Å². The molecule has 1 saturated heterocycles. The number of likely N-dealkylation sites (tertiary alicyclic amines) is 1. The average Bonchev–Trinajstić information content (AvgIpc) is 3.12. The first-order valence-electron chi connectivity index (χ1n) is 9.71. The maximum absolute atomic E-state index is 12.7. The van der Waals surface area contributed by atoms with Gasteiger partial charge in [-0.3, -0.25) is 14.5 Å². The van der Waals surface area contributed by atoms with Crippen molar-refractivity contribution in [2.75, 3.05) is 19.6 Å². The number of carboxylic acid groups (broad SMARTS) is 1. The van der Waals surface area contributed by atoms with E-state index in [1.807, 2.05) is 35.2 Å². The second kappa shape index (κ2) is 7.78. The summed E-state index contributed by atoms with van der Waals surface area (Å²) >= 11 is 0. The van der Waals surface area contributed by atoms with Crippen molar-refractivity contribution in [3.05, 3.63) is 35.9 Å². The molecule has 1 heterocycles. The second-order valence-electron chi connectivity index (χ2n) is 8.38. The molecule has 2 fully saturated rings. The topological polar surface area (TPSA) is 69.6 Å². The minimum atomic E-state index is -0.690.